The molecule has 0 bridgehead atoms. The van der Waals surface area contributed by atoms with Gasteiger partial charge in [0.05, 0.1) is 5.88 Å². The van der Waals surface area contributed by atoms with Crippen LogP contribution in [-0.2, 0) is 22.4 Å². The van der Waals surface area contributed by atoms with E-state index in [4.69, 9.17) is 11.6 Å². The summed E-state index contributed by atoms with van der Waals surface area (Å²) in [5.74, 6) is 0.336. The normalized spacial score (nSPS) is 16.4. The van der Waals surface area contributed by atoms with Crippen LogP contribution in [0.15, 0.2) is 17.2 Å². The zero-order chi connectivity index (χ0) is 13.3. The highest BCUT2D eigenvalue weighted by molar-refractivity contribution is 7.89. The van der Waals surface area contributed by atoms with E-state index in [1.54, 1.807) is 19.3 Å². The number of rotatable bonds is 6. The molecule has 0 aliphatic heterocycles. The molecule has 1 heterocycles. The van der Waals surface area contributed by atoms with Gasteiger partial charge >= 0.3 is 0 Å². The predicted octanol–water partition coefficient (Wildman–Crippen LogP) is 2.42. The van der Waals surface area contributed by atoms with Crippen LogP contribution >= 0.6 is 11.6 Å². The minimum absolute atomic E-state index is 0.184. The lowest BCUT2D eigenvalue weighted by Gasteiger charge is -2.14. The summed E-state index contributed by atoms with van der Waals surface area (Å²) in [4.78, 5) is 0.362. The van der Waals surface area contributed by atoms with Crippen LogP contribution < -0.4 is 0 Å². The molecule has 0 spiro atoms. The second kappa shape index (κ2) is 5.23. The lowest BCUT2D eigenvalue weighted by Crippen LogP contribution is -2.28. The van der Waals surface area contributed by atoms with Gasteiger partial charge in [-0.25, -0.2) is 8.42 Å². The highest BCUT2D eigenvalue weighted by Crippen LogP contribution is 2.31. The van der Waals surface area contributed by atoms with Crippen LogP contribution in [0.5, 0.6) is 0 Å². The molecule has 6 heteroatoms. The Morgan fingerprint density at radius 3 is 2.67 bits per heavy atom. The Morgan fingerprint density at radius 2 is 2.17 bits per heavy atom. The molecular weight excluding hydrogens is 272 g/mol. The maximum atomic E-state index is 12.4. The van der Waals surface area contributed by atoms with Crippen LogP contribution in [0.3, 0.4) is 0 Å². The first-order chi connectivity index (χ1) is 8.50. The van der Waals surface area contributed by atoms with E-state index in [1.165, 1.54) is 4.31 Å². The van der Waals surface area contributed by atoms with E-state index in [1.807, 2.05) is 4.57 Å². The minimum atomic E-state index is -3.35. The van der Waals surface area contributed by atoms with Gasteiger partial charge < -0.3 is 4.57 Å². The van der Waals surface area contributed by atoms with E-state index < -0.39 is 10.0 Å². The summed E-state index contributed by atoms with van der Waals surface area (Å²) >= 11 is 5.86. The first-order valence-electron chi connectivity index (χ1n) is 6.23. The van der Waals surface area contributed by atoms with Gasteiger partial charge in [0.25, 0.3) is 0 Å². The highest BCUT2D eigenvalue weighted by Gasteiger charge is 2.35. The van der Waals surface area contributed by atoms with Crippen LogP contribution in [-0.4, -0.2) is 30.4 Å². The molecule has 102 valence electrons. The molecule has 1 fully saturated rings. The summed E-state index contributed by atoms with van der Waals surface area (Å²) in [5, 5.41) is 0. The number of hydrogen-bond acceptors (Lipinski definition) is 2. The smallest absolute Gasteiger partial charge is 0.244 e. The standard InChI is InChI=1S/C12H19ClN2O2S/c1-3-6-15-9-12(7-11(15)8-13)18(16,17)14(2)10-4-5-10/h7,9-10H,3-6,8H2,1-2H3. The third-order valence-corrected chi connectivity index (χ3v) is 5.45. The summed E-state index contributed by atoms with van der Waals surface area (Å²) in [6.07, 6.45) is 4.59. The Hall–Kier alpha value is -0.520. The number of sulfonamides is 1. The molecule has 1 aromatic heterocycles. The second-order valence-electron chi connectivity index (χ2n) is 4.75. The second-order valence-corrected chi connectivity index (χ2v) is 7.01. The van der Waals surface area contributed by atoms with Crippen LogP contribution in [0.2, 0.25) is 0 Å². The lowest BCUT2D eigenvalue weighted by atomic mass is 10.4. The zero-order valence-electron chi connectivity index (χ0n) is 10.8. The summed E-state index contributed by atoms with van der Waals surface area (Å²) in [6, 6.07) is 1.88. The van der Waals surface area contributed by atoms with Crippen molar-refractivity contribution in [2.75, 3.05) is 7.05 Å². The number of aromatic nitrogens is 1. The first kappa shape index (κ1) is 13.9. The summed E-state index contributed by atoms with van der Waals surface area (Å²) < 4.78 is 28.2. The average Bonchev–Trinajstić information content (AvgIpc) is 3.10. The van der Waals surface area contributed by atoms with Gasteiger partial charge in [-0.15, -0.1) is 11.6 Å². The molecule has 0 aromatic carbocycles. The van der Waals surface area contributed by atoms with E-state index in [0.29, 0.717) is 10.8 Å². The molecule has 4 nitrogen and oxygen atoms in total. The van der Waals surface area contributed by atoms with Gasteiger partial charge in [0.2, 0.25) is 10.0 Å². The summed E-state index contributed by atoms with van der Waals surface area (Å²) in [5.41, 5.74) is 0.862. The highest BCUT2D eigenvalue weighted by atomic mass is 35.5. The fourth-order valence-electron chi connectivity index (χ4n) is 2.03. The maximum Gasteiger partial charge on any atom is 0.244 e. The van der Waals surface area contributed by atoms with Gasteiger partial charge in [-0.1, -0.05) is 6.92 Å². The molecule has 1 aromatic rings. The molecule has 0 amide bonds. The van der Waals surface area contributed by atoms with E-state index in [9.17, 15) is 8.42 Å². The van der Waals surface area contributed by atoms with Crippen molar-refractivity contribution in [1.29, 1.82) is 0 Å². The van der Waals surface area contributed by atoms with Crippen molar-refractivity contribution < 1.29 is 8.42 Å². The zero-order valence-corrected chi connectivity index (χ0v) is 12.3. The molecule has 1 aliphatic rings. The fourth-order valence-corrected chi connectivity index (χ4v) is 3.74. The topological polar surface area (TPSA) is 42.3 Å². The Morgan fingerprint density at radius 1 is 1.50 bits per heavy atom. The van der Waals surface area contributed by atoms with E-state index in [0.717, 1.165) is 31.5 Å². The van der Waals surface area contributed by atoms with Crippen molar-refractivity contribution in [2.45, 2.75) is 49.5 Å². The average molecular weight is 291 g/mol. The number of aryl methyl sites for hydroxylation is 1. The van der Waals surface area contributed by atoms with Crippen LogP contribution in [0.25, 0.3) is 0 Å². The number of alkyl halides is 1. The van der Waals surface area contributed by atoms with Crippen LogP contribution in [0.1, 0.15) is 31.9 Å². The van der Waals surface area contributed by atoms with E-state index in [-0.39, 0.29) is 6.04 Å². The van der Waals surface area contributed by atoms with Gasteiger partial charge in [-0.3, -0.25) is 0 Å². The van der Waals surface area contributed by atoms with Gasteiger partial charge in [0, 0.05) is 31.5 Å². The molecule has 1 saturated carbocycles. The van der Waals surface area contributed by atoms with Crippen molar-refractivity contribution >= 4 is 21.6 Å². The van der Waals surface area contributed by atoms with Crippen molar-refractivity contribution in [1.82, 2.24) is 8.87 Å². The van der Waals surface area contributed by atoms with Crippen molar-refractivity contribution in [3.63, 3.8) is 0 Å². The van der Waals surface area contributed by atoms with Crippen LogP contribution in [0, 0.1) is 0 Å². The first-order valence-corrected chi connectivity index (χ1v) is 8.21. The third kappa shape index (κ3) is 2.58. The molecule has 0 unspecified atom stereocenters. The Labute approximate surface area is 114 Å². The monoisotopic (exact) mass is 290 g/mol. The quantitative estimate of drug-likeness (QED) is 0.755. The number of nitrogens with zero attached hydrogens (tertiary/aromatic N) is 2. The van der Waals surface area contributed by atoms with E-state index >= 15 is 0 Å². The Kier molecular flexibility index (Phi) is 4.04. The third-order valence-electron chi connectivity index (χ3n) is 3.30. The van der Waals surface area contributed by atoms with Crippen molar-refractivity contribution in [2.24, 2.45) is 0 Å². The van der Waals surface area contributed by atoms with Crippen LogP contribution in [0.4, 0.5) is 0 Å². The lowest BCUT2D eigenvalue weighted by molar-refractivity contribution is 0.464. The molecule has 1 aliphatic carbocycles. The number of hydrogen-bond donors (Lipinski definition) is 0. The van der Waals surface area contributed by atoms with Gasteiger partial charge in [0.1, 0.15) is 4.90 Å². The molecule has 0 saturated heterocycles. The summed E-state index contributed by atoms with van der Waals surface area (Å²) in [7, 11) is -1.69. The van der Waals surface area contributed by atoms with Gasteiger partial charge in [-0.2, -0.15) is 4.31 Å². The van der Waals surface area contributed by atoms with E-state index in [2.05, 4.69) is 6.92 Å². The Bertz CT molecular complexity index is 520. The predicted molar refractivity (Wildman–Crippen MR) is 72.3 cm³/mol. The summed E-state index contributed by atoms with van der Waals surface area (Å²) in [6.45, 7) is 2.85. The molecule has 0 N–H and O–H groups in total. The SMILES string of the molecule is CCCn1cc(S(=O)(=O)N(C)C2CC2)cc1CCl. The van der Waals surface area contributed by atoms with Gasteiger partial charge in [0.15, 0.2) is 0 Å². The fraction of sp³-hybridized carbons (Fsp3) is 0.667. The molecule has 0 atom stereocenters. The molecular formula is C12H19ClN2O2S. The van der Waals surface area contributed by atoms with Gasteiger partial charge in [-0.05, 0) is 25.3 Å². The van der Waals surface area contributed by atoms with Crippen molar-refractivity contribution in [3.8, 4) is 0 Å². The molecule has 0 radical (unpaired) electrons. The molecule has 2 rings (SSSR count). The van der Waals surface area contributed by atoms with Crippen molar-refractivity contribution in [3.05, 3.63) is 18.0 Å². The molecule has 18 heavy (non-hydrogen) atoms. The maximum absolute atomic E-state index is 12.4. The minimum Gasteiger partial charge on any atom is -0.349 e. The Balaban J connectivity index is 2.32. The largest absolute Gasteiger partial charge is 0.349 e. The number of halogens is 1.